The van der Waals surface area contributed by atoms with E-state index in [0.29, 0.717) is 0 Å². The zero-order valence-electron chi connectivity index (χ0n) is 6.53. The number of rotatable bonds is 2. The highest BCUT2D eigenvalue weighted by Crippen LogP contribution is 2.23. The summed E-state index contributed by atoms with van der Waals surface area (Å²) in [4.78, 5) is 20.7. The predicted octanol–water partition coefficient (Wildman–Crippen LogP) is 2.64. The Labute approximate surface area is 84.2 Å². The average molecular weight is 283 g/mol. The number of nitrogens with zero attached hydrogens (tertiary/aromatic N) is 1. The molecule has 1 saturated carbocycles. The highest BCUT2D eigenvalue weighted by atomic mass is 127. The maximum atomic E-state index is 10.5. The quantitative estimate of drug-likeness (QED) is 0.444. The number of halogens is 1. The Balaban J connectivity index is 2.26. The van der Waals surface area contributed by atoms with Gasteiger partial charge < -0.3 is 4.74 Å². The molecular weight excluding hydrogens is 273 g/mol. The van der Waals surface area contributed by atoms with Gasteiger partial charge in [-0.1, -0.05) is 5.18 Å². The van der Waals surface area contributed by atoms with E-state index in [0.717, 1.165) is 25.7 Å². The Hall–Kier alpha value is -0.200. The van der Waals surface area contributed by atoms with Gasteiger partial charge in [-0.3, -0.25) is 0 Å². The average Bonchev–Trinajstić information content (AvgIpc) is 2.05. The molecule has 1 aliphatic rings. The minimum atomic E-state index is -0.268. The van der Waals surface area contributed by atoms with Crippen LogP contribution in [-0.4, -0.2) is 16.1 Å². The molecule has 0 amide bonds. The number of carbonyl (C=O) groups excluding carboxylic acids is 1. The molecule has 0 aliphatic heterocycles. The molecule has 0 saturated heterocycles. The van der Waals surface area contributed by atoms with Crippen LogP contribution in [0.25, 0.3) is 0 Å². The van der Waals surface area contributed by atoms with Gasteiger partial charge in [0.2, 0.25) is 0 Å². The maximum Gasteiger partial charge on any atom is 0.367 e. The summed E-state index contributed by atoms with van der Waals surface area (Å²) >= 11 is 1.61. The largest absolute Gasteiger partial charge is 0.455 e. The minimum absolute atomic E-state index is 0.00685. The van der Waals surface area contributed by atoms with E-state index in [4.69, 9.17) is 4.74 Å². The summed E-state index contributed by atoms with van der Waals surface area (Å²) in [6.45, 7) is 0. The van der Waals surface area contributed by atoms with E-state index in [2.05, 4.69) is 5.18 Å². The first-order valence-corrected chi connectivity index (χ1v) is 4.99. The third kappa shape index (κ3) is 3.04. The minimum Gasteiger partial charge on any atom is -0.455 e. The Morgan fingerprint density at radius 3 is 2.33 bits per heavy atom. The molecule has 0 bridgehead atoms. The van der Waals surface area contributed by atoms with E-state index >= 15 is 0 Å². The normalized spacial score (nSPS) is 29.4. The van der Waals surface area contributed by atoms with Crippen LogP contribution in [0.2, 0.25) is 0 Å². The number of nitroso groups, excluding NO2 is 1. The molecule has 0 heterocycles. The Bertz CT molecular complexity index is 177. The molecule has 0 aromatic carbocycles. The van der Waals surface area contributed by atoms with Gasteiger partial charge in [-0.15, -0.1) is 0 Å². The SMILES string of the molecule is O=NC1CCC(OC(=O)I)CC1. The van der Waals surface area contributed by atoms with Crippen molar-refractivity contribution in [1.82, 2.24) is 0 Å². The smallest absolute Gasteiger partial charge is 0.367 e. The second-order valence-corrected chi connectivity index (χ2v) is 3.77. The Morgan fingerprint density at radius 1 is 1.33 bits per heavy atom. The van der Waals surface area contributed by atoms with Gasteiger partial charge >= 0.3 is 3.98 Å². The van der Waals surface area contributed by atoms with Gasteiger partial charge in [0.05, 0.1) is 28.6 Å². The van der Waals surface area contributed by atoms with Crippen LogP contribution in [-0.2, 0) is 4.74 Å². The summed E-state index contributed by atoms with van der Waals surface area (Å²) in [6, 6.07) is -0.0610. The summed E-state index contributed by atoms with van der Waals surface area (Å²) in [7, 11) is 0. The summed E-state index contributed by atoms with van der Waals surface area (Å²) in [6.07, 6.45) is 3.04. The van der Waals surface area contributed by atoms with Gasteiger partial charge in [0, 0.05) is 0 Å². The number of ether oxygens (including phenoxy) is 1. The molecule has 0 spiro atoms. The molecule has 12 heavy (non-hydrogen) atoms. The fourth-order valence-electron chi connectivity index (χ4n) is 1.40. The van der Waals surface area contributed by atoms with E-state index in [1.807, 2.05) is 0 Å². The first-order valence-electron chi connectivity index (χ1n) is 3.91. The van der Waals surface area contributed by atoms with Crippen molar-refractivity contribution in [3.63, 3.8) is 0 Å². The molecular formula is C7H10INO3. The van der Waals surface area contributed by atoms with E-state index < -0.39 is 0 Å². The molecule has 0 aromatic heterocycles. The van der Waals surface area contributed by atoms with E-state index in [-0.39, 0.29) is 16.1 Å². The molecule has 1 fully saturated rings. The lowest BCUT2D eigenvalue weighted by Gasteiger charge is -2.23. The van der Waals surface area contributed by atoms with Crippen molar-refractivity contribution >= 4 is 26.6 Å². The molecule has 1 rings (SSSR count). The number of hydrogen-bond acceptors (Lipinski definition) is 4. The highest BCUT2D eigenvalue weighted by molar-refractivity contribution is 14.1. The van der Waals surface area contributed by atoms with E-state index in [1.165, 1.54) is 0 Å². The topological polar surface area (TPSA) is 55.7 Å². The van der Waals surface area contributed by atoms with Gasteiger partial charge in [-0.25, -0.2) is 4.79 Å². The van der Waals surface area contributed by atoms with Crippen molar-refractivity contribution in [2.75, 3.05) is 0 Å². The number of hydrogen-bond donors (Lipinski definition) is 0. The van der Waals surface area contributed by atoms with Crippen molar-refractivity contribution < 1.29 is 9.53 Å². The molecule has 1 aliphatic carbocycles. The monoisotopic (exact) mass is 283 g/mol. The summed E-state index contributed by atoms with van der Waals surface area (Å²) in [5.41, 5.74) is 0. The second-order valence-electron chi connectivity index (χ2n) is 2.89. The lowest BCUT2D eigenvalue weighted by Crippen LogP contribution is -2.23. The molecule has 68 valence electrons. The van der Waals surface area contributed by atoms with Crippen LogP contribution in [0, 0.1) is 4.91 Å². The Kier molecular flexibility index (Phi) is 3.90. The third-order valence-corrected chi connectivity index (χ3v) is 2.31. The first-order chi connectivity index (χ1) is 5.72. The predicted molar refractivity (Wildman–Crippen MR) is 52.3 cm³/mol. The van der Waals surface area contributed by atoms with Crippen molar-refractivity contribution in [3.8, 4) is 0 Å². The number of carbonyl (C=O) groups is 1. The van der Waals surface area contributed by atoms with E-state index in [1.54, 1.807) is 22.6 Å². The van der Waals surface area contributed by atoms with Gasteiger partial charge in [0.1, 0.15) is 6.10 Å². The zero-order chi connectivity index (χ0) is 8.97. The second kappa shape index (κ2) is 4.74. The summed E-state index contributed by atoms with van der Waals surface area (Å²) in [5.74, 6) is 0. The van der Waals surface area contributed by atoms with Gasteiger partial charge in [-0.05, 0) is 25.7 Å². The van der Waals surface area contributed by atoms with Crippen molar-refractivity contribution in [3.05, 3.63) is 4.91 Å². The Morgan fingerprint density at radius 2 is 1.92 bits per heavy atom. The van der Waals surface area contributed by atoms with Gasteiger partial charge in [0.15, 0.2) is 0 Å². The summed E-state index contributed by atoms with van der Waals surface area (Å²) in [5, 5.41) is 2.97. The molecule has 0 unspecified atom stereocenters. The maximum absolute atomic E-state index is 10.5. The first kappa shape index (κ1) is 9.88. The van der Waals surface area contributed by atoms with E-state index in [9.17, 15) is 9.70 Å². The van der Waals surface area contributed by atoms with Gasteiger partial charge in [0.25, 0.3) is 0 Å². The third-order valence-electron chi connectivity index (χ3n) is 2.05. The van der Waals surface area contributed by atoms with Crippen LogP contribution in [0.3, 0.4) is 0 Å². The standard InChI is InChI=1S/C7H10INO3/c8-7(10)12-6-3-1-5(9-11)2-4-6/h5-6H,1-4H2. The highest BCUT2D eigenvalue weighted by Gasteiger charge is 2.23. The van der Waals surface area contributed by atoms with Crippen LogP contribution in [0.4, 0.5) is 4.79 Å². The van der Waals surface area contributed by atoms with Crippen molar-refractivity contribution in [2.24, 2.45) is 5.18 Å². The molecule has 0 N–H and O–H groups in total. The van der Waals surface area contributed by atoms with Crippen molar-refractivity contribution in [1.29, 1.82) is 0 Å². The lowest BCUT2D eigenvalue weighted by molar-refractivity contribution is 0.0953. The van der Waals surface area contributed by atoms with Crippen LogP contribution in [0.1, 0.15) is 25.7 Å². The lowest BCUT2D eigenvalue weighted by atomic mass is 9.94. The van der Waals surface area contributed by atoms with Crippen LogP contribution in [0.5, 0.6) is 0 Å². The van der Waals surface area contributed by atoms with Crippen LogP contribution < -0.4 is 0 Å². The van der Waals surface area contributed by atoms with Gasteiger partial charge in [-0.2, -0.15) is 4.91 Å². The van der Waals surface area contributed by atoms with Crippen molar-refractivity contribution in [2.45, 2.75) is 37.8 Å². The summed E-state index contributed by atoms with van der Waals surface area (Å²) < 4.78 is 4.72. The fraction of sp³-hybridized carbons (Fsp3) is 0.857. The molecule has 0 atom stereocenters. The molecule has 0 radical (unpaired) electrons. The van der Waals surface area contributed by atoms with Crippen LogP contribution in [0.15, 0.2) is 5.18 Å². The fourth-order valence-corrected chi connectivity index (χ4v) is 1.76. The molecule has 4 nitrogen and oxygen atoms in total. The zero-order valence-corrected chi connectivity index (χ0v) is 8.69. The van der Waals surface area contributed by atoms with Crippen LogP contribution >= 0.6 is 22.6 Å². The molecule has 5 heteroatoms. The molecule has 0 aromatic rings.